The molecule has 0 atom stereocenters. The highest BCUT2D eigenvalue weighted by atomic mass is 35.5. The van der Waals surface area contributed by atoms with E-state index in [1.165, 1.54) is 0 Å². The number of anilines is 1. The third-order valence-corrected chi connectivity index (χ3v) is 3.27. The molecule has 2 rings (SSSR count). The molecule has 0 saturated carbocycles. The summed E-state index contributed by atoms with van der Waals surface area (Å²) in [6, 6.07) is 15.4. The van der Waals surface area contributed by atoms with Gasteiger partial charge < -0.3 is 10.6 Å². The summed E-state index contributed by atoms with van der Waals surface area (Å²) in [5, 5.41) is 14.3. The van der Waals surface area contributed by atoms with Gasteiger partial charge in [-0.25, -0.2) is 0 Å². The Morgan fingerprint density at radius 3 is 2.45 bits per heavy atom. The molecule has 2 amide bonds. The Kier molecular flexibility index (Phi) is 5.12. The van der Waals surface area contributed by atoms with Gasteiger partial charge in [0.2, 0.25) is 0 Å². The van der Waals surface area contributed by atoms with Crippen LogP contribution in [0.15, 0.2) is 48.5 Å². The molecule has 6 heteroatoms. The van der Waals surface area contributed by atoms with E-state index in [1.54, 1.807) is 48.5 Å². The van der Waals surface area contributed by atoms with Crippen molar-refractivity contribution in [3.8, 4) is 6.07 Å². The lowest BCUT2D eigenvalue weighted by molar-refractivity contribution is -0.136. The molecule has 0 aliphatic rings. The first-order valence-corrected chi connectivity index (χ1v) is 6.81. The van der Waals surface area contributed by atoms with Crippen molar-refractivity contribution in [1.29, 1.82) is 5.26 Å². The summed E-state index contributed by atoms with van der Waals surface area (Å²) in [5.74, 6) is -1.64. The Bertz CT molecular complexity index is 753. The average Bonchev–Trinajstić information content (AvgIpc) is 2.54. The number of carbonyl (C=O) groups excluding carboxylic acids is 2. The predicted octanol–water partition coefficient (Wildman–Crippen LogP) is 2.47. The molecular formula is C16H12ClN3O2. The summed E-state index contributed by atoms with van der Waals surface area (Å²) in [7, 11) is 0. The van der Waals surface area contributed by atoms with Crippen molar-refractivity contribution in [3.05, 3.63) is 64.7 Å². The molecule has 0 aliphatic carbocycles. The monoisotopic (exact) mass is 313 g/mol. The maximum Gasteiger partial charge on any atom is 0.313 e. The SMILES string of the molecule is N#Cc1ccccc1NC(=O)C(=O)NCc1ccccc1Cl. The molecule has 0 saturated heterocycles. The van der Waals surface area contributed by atoms with Gasteiger partial charge in [-0.15, -0.1) is 0 Å². The number of nitrogens with zero attached hydrogens (tertiary/aromatic N) is 1. The number of hydrogen-bond donors (Lipinski definition) is 2. The number of nitriles is 1. The van der Waals surface area contributed by atoms with Crippen LogP contribution in [0.1, 0.15) is 11.1 Å². The van der Waals surface area contributed by atoms with Crippen LogP contribution in [0.3, 0.4) is 0 Å². The van der Waals surface area contributed by atoms with Gasteiger partial charge in [-0.3, -0.25) is 9.59 Å². The van der Waals surface area contributed by atoms with Crippen LogP contribution in [-0.2, 0) is 16.1 Å². The molecule has 0 fully saturated rings. The number of carbonyl (C=O) groups is 2. The second kappa shape index (κ2) is 7.25. The number of amides is 2. The first-order valence-electron chi connectivity index (χ1n) is 6.43. The van der Waals surface area contributed by atoms with Crippen molar-refractivity contribution in [1.82, 2.24) is 5.32 Å². The molecule has 0 aliphatic heterocycles. The average molecular weight is 314 g/mol. The molecule has 0 unspecified atom stereocenters. The summed E-state index contributed by atoms with van der Waals surface area (Å²) in [6.45, 7) is 0.145. The first kappa shape index (κ1) is 15.5. The van der Waals surface area contributed by atoms with E-state index < -0.39 is 11.8 Å². The zero-order valence-electron chi connectivity index (χ0n) is 11.5. The summed E-state index contributed by atoms with van der Waals surface area (Å²) in [6.07, 6.45) is 0. The fourth-order valence-corrected chi connectivity index (χ4v) is 1.97. The highest BCUT2D eigenvalue weighted by molar-refractivity contribution is 6.39. The van der Waals surface area contributed by atoms with Crippen LogP contribution in [0.5, 0.6) is 0 Å². The largest absolute Gasteiger partial charge is 0.344 e. The molecule has 0 bridgehead atoms. The van der Waals surface area contributed by atoms with Crippen LogP contribution in [0.25, 0.3) is 0 Å². The second-order valence-corrected chi connectivity index (χ2v) is 4.79. The summed E-state index contributed by atoms with van der Waals surface area (Å²) in [4.78, 5) is 23.6. The van der Waals surface area contributed by atoms with Gasteiger partial charge in [-0.05, 0) is 23.8 Å². The van der Waals surface area contributed by atoms with Gasteiger partial charge >= 0.3 is 11.8 Å². The van der Waals surface area contributed by atoms with Gasteiger partial charge in [0.25, 0.3) is 0 Å². The van der Waals surface area contributed by atoms with Gasteiger partial charge in [-0.2, -0.15) is 5.26 Å². The molecular weight excluding hydrogens is 302 g/mol. The van der Waals surface area contributed by atoms with Gasteiger partial charge in [0, 0.05) is 11.6 Å². The highest BCUT2D eigenvalue weighted by Gasteiger charge is 2.15. The maximum atomic E-state index is 11.8. The van der Waals surface area contributed by atoms with E-state index in [1.807, 2.05) is 6.07 Å². The van der Waals surface area contributed by atoms with E-state index in [-0.39, 0.29) is 12.1 Å². The first-order chi connectivity index (χ1) is 10.6. The minimum absolute atomic E-state index is 0.145. The van der Waals surface area contributed by atoms with E-state index in [4.69, 9.17) is 16.9 Å². The van der Waals surface area contributed by atoms with Crippen molar-refractivity contribution < 1.29 is 9.59 Å². The summed E-state index contributed by atoms with van der Waals surface area (Å²) in [5.41, 5.74) is 1.29. The molecule has 22 heavy (non-hydrogen) atoms. The maximum absolute atomic E-state index is 11.8. The Morgan fingerprint density at radius 2 is 1.73 bits per heavy atom. The number of benzene rings is 2. The molecule has 0 radical (unpaired) electrons. The fourth-order valence-electron chi connectivity index (χ4n) is 1.77. The second-order valence-electron chi connectivity index (χ2n) is 4.39. The number of hydrogen-bond acceptors (Lipinski definition) is 3. The molecule has 0 heterocycles. The molecule has 2 aromatic rings. The lowest BCUT2D eigenvalue weighted by atomic mass is 10.2. The Hall–Kier alpha value is -2.84. The third kappa shape index (κ3) is 3.84. The van der Waals surface area contributed by atoms with E-state index in [0.717, 1.165) is 0 Å². The molecule has 5 nitrogen and oxygen atoms in total. The molecule has 2 N–H and O–H groups in total. The van der Waals surface area contributed by atoms with Gasteiger partial charge in [-0.1, -0.05) is 41.9 Å². The lowest BCUT2D eigenvalue weighted by Gasteiger charge is -2.08. The van der Waals surface area contributed by atoms with Crippen LogP contribution in [0.2, 0.25) is 5.02 Å². The lowest BCUT2D eigenvalue weighted by Crippen LogP contribution is -2.35. The number of rotatable bonds is 3. The Balaban J connectivity index is 1.97. The minimum Gasteiger partial charge on any atom is -0.344 e. The van der Waals surface area contributed by atoms with Crippen LogP contribution in [0, 0.1) is 11.3 Å². The standard InChI is InChI=1S/C16H12ClN3O2/c17-13-7-3-1-6-12(13)10-19-15(21)16(22)20-14-8-4-2-5-11(14)9-18/h1-8H,10H2,(H,19,21)(H,20,22). The Morgan fingerprint density at radius 1 is 1.05 bits per heavy atom. The molecule has 110 valence electrons. The van der Waals surface area contributed by atoms with E-state index in [9.17, 15) is 9.59 Å². The normalized spacial score (nSPS) is 9.64. The quantitative estimate of drug-likeness (QED) is 0.854. The van der Waals surface area contributed by atoms with Crippen molar-refractivity contribution in [2.45, 2.75) is 6.54 Å². The van der Waals surface area contributed by atoms with E-state index in [0.29, 0.717) is 16.3 Å². The Labute approximate surface area is 132 Å². The van der Waals surface area contributed by atoms with E-state index >= 15 is 0 Å². The zero-order chi connectivity index (χ0) is 15.9. The van der Waals surface area contributed by atoms with Crippen LogP contribution >= 0.6 is 11.6 Å². The van der Waals surface area contributed by atoms with Crippen molar-refractivity contribution in [3.63, 3.8) is 0 Å². The van der Waals surface area contributed by atoms with Gasteiger partial charge in [0.1, 0.15) is 6.07 Å². The van der Waals surface area contributed by atoms with Crippen LogP contribution < -0.4 is 10.6 Å². The van der Waals surface area contributed by atoms with Crippen molar-refractivity contribution >= 4 is 29.1 Å². The highest BCUT2D eigenvalue weighted by Crippen LogP contribution is 2.15. The van der Waals surface area contributed by atoms with Gasteiger partial charge in [0.05, 0.1) is 11.3 Å². The predicted molar refractivity (Wildman–Crippen MR) is 83.1 cm³/mol. The van der Waals surface area contributed by atoms with Crippen molar-refractivity contribution in [2.75, 3.05) is 5.32 Å². The summed E-state index contributed by atoms with van der Waals surface area (Å²) < 4.78 is 0. The molecule has 0 aromatic heterocycles. The molecule has 2 aromatic carbocycles. The zero-order valence-corrected chi connectivity index (χ0v) is 12.2. The number of nitrogens with one attached hydrogen (secondary N) is 2. The minimum atomic E-state index is -0.838. The summed E-state index contributed by atoms with van der Waals surface area (Å²) >= 11 is 5.97. The van der Waals surface area contributed by atoms with E-state index in [2.05, 4.69) is 10.6 Å². The van der Waals surface area contributed by atoms with Crippen LogP contribution in [-0.4, -0.2) is 11.8 Å². The fraction of sp³-hybridized carbons (Fsp3) is 0.0625. The van der Waals surface area contributed by atoms with Gasteiger partial charge in [0.15, 0.2) is 0 Å². The smallest absolute Gasteiger partial charge is 0.313 e. The third-order valence-electron chi connectivity index (χ3n) is 2.90. The van der Waals surface area contributed by atoms with Crippen molar-refractivity contribution in [2.24, 2.45) is 0 Å². The number of halogens is 1. The molecule has 0 spiro atoms. The topological polar surface area (TPSA) is 82.0 Å². The number of para-hydroxylation sites is 1. The van der Waals surface area contributed by atoms with Crippen LogP contribution in [0.4, 0.5) is 5.69 Å².